The van der Waals surface area contributed by atoms with Crippen LogP contribution < -0.4 is 4.90 Å². The van der Waals surface area contributed by atoms with Crippen LogP contribution in [0.1, 0.15) is 10.4 Å². The number of carbonyl (C=O) groups is 3. The van der Waals surface area contributed by atoms with E-state index in [1.165, 1.54) is 55.7 Å². The molecule has 0 saturated carbocycles. The first-order valence-electron chi connectivity index (χ1n) is 7.41. The van der Waals surface area contributed by atoms with Crippen molar-refractivity contribution in [1.82, 2.24) is 0 Å². The summed E-state index contributed by atoms with van der Waals surface area (Å²) in [5.74, 6) is -2.77. The quantitative estimate of drug-likeness (QED) is 0.640. The van der Waals surface area contributed by atoms with E-state index < -0.39 is 23.7 Å². The molecule has 136 valence electrons. The number of hydrogen-bond acceptors (Lipinski definition) is 8. The summed E-state index contributed by atoms with van der Waals surface area (Å²) in [6, 6.07) is 4.34. The molecule has 0 amide bonds. The van der Waals surface area contributed by atoms with Gasteiger partial charge in [0.05, 0.1) is 32.6 Å². The Balaban J connectivity index is 2.72. The van der Waals surface area contributed by atoms with Crippen molar-refractivity contribution in [2.75, 3.05) is 26.2 Å². The van der Waals surface area contributed by atoms with Crippen molar-refractivity contribution in [1.29, 1.82) is 0 Å². The number of ether oxygens (including phenoxy) is 3. The van der Waals surface area contributed by atoms with Gasteiger partial charge in [-0.3, -0.25) is 0 Å². The van der Waals surface area contributed by atoms with Crippen LogP contribution in [0.2, 0.25) is 0 Å². The molecule has 8 heteroatoms. The number of carbonyl (C=O) groups excluding carboxylic acids is 3. The molecule has 1 aliphatic heterocycles. The van der Waals surface area contributed by atoms with Gasteiger partial charge >= 0.3 is 17.9 Å². The topological polar surface area (TPSA) is 102 Å². The van der Waals surface area contributed by atoms with Gasteiger partial charge in [-0.05, 0) is 24.3 Å². The molecule has 0 fully saturated rings. The summed E-state index contributed by atoms with van der Waals surface area (Å²) in [4.78, 5) is 37.5. The maximum Gasteiger partial charge on any atom is 0.355 e. The largest absolute Gasteiger partial charge is 0.505 e. The fourth-order valence-electron chi connectivity index (χ4n) is 2.35. The van der Waals surface area contributed by atoms with Gasteiger partial charge in [-0.2, -0.15) is 0 Å². The number of nitrogens with zero attached hydrogens (tertiary/aromatic N) is 1. The Bertz CT molecular complexity index is 836. The van der Waals surface area contributed by atoms with Crippen LogP contribution in [0.25, 0.3) is 0 Å². The predicted octanol–water partition coefficient (Wildman–Crippen LogP) is 1.67. The van der Waals surface area contributed by atoms with Crippen LogP contribution in [0.5, 0.6) is 5.75 Å². The number of benzene rings is 1. The van der Waals surface area contributed by atoms with Crippen molar-refractivity contribution < 1.29 is 33.7 Å². The number of rotatable bonds is 4. The fraction of sp³-hybridized carbons (Fsp3) is 0.167. The number of aromatic hydroxyl groups is 1. The Kier molecular flexibility index (Phi) is 5.79. The highest BCUT2D eigenvalue weighted by Gasteiger charge is 2.29. The van der Waals surface area contributed by atoms with Gasteiger partial charge in [-0.25, -0.2) is 14.4 Å². The molecule has 0 spiro atoms. The lowest BCUT2D eigenvalue weighted by Crippen LogP contribution is -2.27. The van der Waals surface area contributed by atoms with E-state index in [0.717, 1.165) is 7.11 Å². The number of phenolic OH excluding ortho intramolecular Hbond substituents is 1. The standard InChI is InChI=1S/C18H17NO7/c1-24-16(21)11-7-4-5-10-19(14(11)18(23)26-3)13-9-6-8-12(15(13)20)17(22)25-2/h4-10,20H,1-3H3. The lowest BCUT2D eigenvalue weighted by molar-refractivity contribution is -0.139. The molecular formula is C18H17NO7. The average molecular weight is 359 g/mol. The summed E-state index contributed by atoms with van der Waals surface area (Å²) in [5.41, 5.74) is -0.275. The molecule has 0 aliphatic carbocycles. The van der Waals surface area contributed by atoms with Crippen LogP contribution in [0.15, 0.2) is 53.9 Å². The number of anilines is 1. The van der Waals surface area contributed by atoms with Crippen LogP contribution >= 0.6 is 0 Å². The molecule has 0 aromatic heterocycles. The number of methoxy groups -OCH3 is 3. The molecule has 1 heterocycles. The van der Waals surface area contributed by atoms with E-state index in [1.807, 2.05) is 0 Å². The van der Waals surface area contributed by atoms with Gasteiger partial charge in [0.1, 0.15) is 11.3 Å². The molecule has 1 aromatic carbocycles. The van der Waals surface area contributed by atoms with Crippen LogP contribution in [0.4, 0.5) is 5.69 Å². The van der Waals surface area contributed by atoms with Gasteiger partial charge in [0.15, 0.2) is 5.75 Å². The lowest BCUT2D eigenvalue weighted by atomic mass is 10.1. The summed E-state index contributed by atoms with van der Waals surface area (Å²) < 4.78 is 14.1. The van der Waals surface area contributed by atoms with Crippen LogP contribution in [0.3, 0.4) is 0 Å². The van der Waals surface area contributed by atoms with Crippen molar-refractivity contribution >= 4 is 23.6 Å². The zero-order valence-corrected chi connectivity index (χ0v) is 14.4. The van der Waals surface area contributed by atoms with Gasteiger partial charge in [0, 0.05) is 6.20 Å². The molecule has 0 saturated heterocycles. The van der Waals surface area contributed by atoms with Crippen LogP contribution in [0, 0.1) is 0 Å². The second-order valence-corrected chi connectivity index (χ2v) is 4.98. The third-order valence-corrected chi connectivity index (χ3v) is 3.57. The fourth-order valence-corrected chi connectivity index (χ4v) is 2.35. The Labute approximate surface area is 149 Å². The van der Waals surface area contributed by atoms with Gasteiger partial charge in [0.2, 0.25) is 0 Å². The molecule has 0 atom stereocenters. The highest BCUT2D eigenvalue weighted by atomic mass is 16.5. The zero-order chi connectivity index (χ0) is 19.3. The van der Waals surface area contributed by atoms with E-state index in [0.29, 0.717) is 0 Å². The van der Waals surface area contributed by atoms with Gasteiger partial charge in [-0.1, -0.05) is 12.1 Å². The predicted molar refractivity (Wildman–Crippen MR) is 91.3 cm³/mol. The first kappa shape index (κ1) is 18.8. The van der Waals surface area contributed by atoms with Crippen molar-refractivity contribution in [3.8, 4) is 5.75 Å². The third kappa shape index (κ3) is 3.44. The Morgan fingerprint density at radius 3 is 2.19 bits per heavy atom. The van der Waals surface area contributed by atoms with Gasteiger partial charge in [-0.15, -0.1) is 0 Å². The second kappa shape index (κ2) is 8.02. The Hall–Kier alpha value is -3.55. The van der Waals surface area contributed by atoms with Crippen LogP contribution in [-0.4, -0.2) is 44.3 Å². The third-order valence-electron chi connectivity index (χ3n) is 3.57. The smallest absolute Gasteiger partial charge is 0.355 e. The van der Waals surface area contributed by atoms with E-state index in [4.69, 9.17) is 9.47 Å². The Morgan fingerprint density at radius 1 is 0.923 bits per heavy atom. The highest BCUT2D eigenvalue weighted by Crippen LogP contribution is 2.35. The zero-order valence-electron chi connectivity index (χ0n) is 14.4. The molecule has 8 nitrogen and oxygen atoms in total. The number of allylic oxidation sites excluding steroid dienone is 2. The maximum absolute atomic E-state index is 12.3. The Morgan fingerprint density at radius 2 is 1.58 bits per heavy atom. The molecule has 0 bridgehead atoms. The molecule has 2 rings (SSSR count). The van der Waals surface area contributed by atoms with Crippen molar-refractivity contribution in [3.63, 3.8) is 0 Å². The van der Waals surface area contributed by atoms with Crippen LogP contribution in [-0.2, 0) is 23.8 Å². The number of hydrogen-bond donors (Lipinski definition) is 1. The summed E-state index contributed by atoms with van der Waals surface area (Å²) in [6.45, 7) is 0. The average Bonchev–Trinajstić information content (AvgIpc) is 2.89. The minimum absolute atomic E-state index is 0.0766. The normalized spacial score (nSPS) is 13.3. The molecule has 1 N–H and O–H groups in total. The van der Waals surface area contributed by atoms with E-state index >= 15 is 0 Å². The first-order chi connectivity index (χ1) is 12.5. The lowest BCUT2D eigenvalue weighted by Gasteiger charge is -2.24. The summed E-state index contributed by atoms with van der Waals surface area (Å²) in [5, 5.41) is 10.5. The molecular weight excluding hydrogens is 342 g/mol. The second-order valence-electron chi connectivity index (χ2n) is 4.98. The van der Waals surface area contributed by atoms with E-state index in [1.54, 1.807) is 6.08 Å². The summed E-state index contributed by atoms with van der Waals surface area (Å²) in [6.07, 6.45) is 5.89. The van der Waals surface area contributed by atoms with Gasteiger partial charge < -0.3 is 24.2 Å². The molecule has 0 radical (unpaired) electrons. The van der Waals surface area contributed by atoms with Crippen molar-refractivity contribution in [2.45, 2.75) is 0 Å². The SMILES string of the molecule is COC(=O)C1=C(C(=O)OC)N(c2cccc(C(=O)OC)c2O)C=CC=C1. The monoisotopic (exact) mass is 359 g/mol. The molecule has 26 heavy (non-hydrogen) atoms. The molecule has 1 aliphatic rings. The minimum Gasteiger partial charge on any atom is -0.505 e. The number of esters is 3. The summed E-state index contributed by atoms with van der Waals surface area (Å²) >= 11 is 0. The minimum atomic E-state index is -0.829. The number of para-hydroxylation sites is 1. The molecule has 1 aromatic rings. The maximum atomic E-state index is 12.3. The van der Waals surface area contributed by atoms with Gasteiger partial charge in [0.25, 0.3) is 0 Å². The van der Waals surface area contributed by atoms with Crippen molar-refractivity contribution in [3.05, 3.63) is 59.5 Å². The number of phenols is 1. The van der Waals surface area contributed by atoms with E-state index in [-0.39, 0.29) is 22.5 Å². The molecule has 0 unspecified atom stereocenters. The van der Waals surface area contributed by atoms with Crippen molar-refractivity contribution in [2.24, 2.45) is 0 Å². The first-order valence-corrected chi connectivity index (χ1v) is 7.41. The summed E-state index contributed by atoms with van der Waals surface area (Å²) in [7, 11) is 3.51. The van der Waals surface area contributed by atoms with E-state index in [2.05, 4.69) is 4.74 Å². The highest BCUT2D eigenvalue weighted by molar-refractivity contribution is 6.06. The van der Waals surface area contributed by atoms with E-state index in [9.17, 15) is 19.5 Å².